The summed E-state index contributed by atoms with van der Waals surface area (Å²) >= 11 is 7.53. The number of amides is 1. The number of rotatable bonds is 6. The fourth-order valence-electron chi connectivity index (χ4n) is 4.38. The minimum atomic E-state index is -0.269. The third-order valence-electron chi connectivity index (χ3n) is 6.16. The Hall–Kier alpha value is -2.90. The number of thiazole rings is 1. The van der Waals surface area contributed by atoms with E-state index in [-0.39, 0.29) is 24.2 Å². The number of nitrogens with zero attached hydrogens (tertiary/aromatic N) is 3. The lowest BCUT2D eigenvalue weighted by Crippen LogP contribution is -2.44. The van der Waals surface area contributed by atoms with Crippen LogP contribution >= 0.6 is 22.9 Å². The Labute approximate surface area is 209 Å². The van der Waals surface area contributed by atoms with Gasteiger partial charge in [-0.15, -0.1) is 0 Å². The molecular weight excluding hydrogens is 470 g/mol. The minimum Gasteiger partial charge on any atom is -0.469 e. The summed E-state index contributed by atoms with van der Waals surface area (Å²) in [5.41, 5.74) is 3.73. The molecule has 1 amide bonds. The quantitative estimate of drug-likeness (QED) is 0.428. The number of esters is 1. The molecule has 0 radical (unpaired) electrons. The molecule has 0 spiro atoms. The summed E-state index contributed by atoms with van der Waals surface area (Å²) in [5.74, 6) is -0.316. The first-order valence-electron chi connectivity index (χ1n) is 11.3. The zero-order valence-electron chi connectivity index (χ0n) is 19.6. The lowest BCUT2D eigenvalue weighted by molar-refractivity contribution is -0.139. The van der Waals surface area contributed by atoms with Crippen LogP contribution in [0.2, 0.25) is 5.02 Å². The number of benzene rings is 2. The van der Waals surface area contributed by atoms with Crippen molar-refractivity contribution in [2.45, 2.75) is 26.2 Å². The number of ether oxygens (including phenoxy) is 1. The van der Waals surface area contributed by atoms with E-state index in [2.05, 4.69) is 4.90 Å². The standard InChI is InChI=1S/C26H28ClN3O3S/c1-17-26(34-24(28-17)18-10-12-21(27)13-11-18)29(2)25(32)20-8-6-14-30(16-20)22-9-5-4-7-19(22)15-23(31)33-3/h4-5,7,9-13,20H,6,8,14-16H2,1-3H3. The molecule has 2 heterocycles. The van der Waals surface area contributed by atoms with E-state index in [1.54, 1.807) is 4.90 Å². The summed E-state index contributed by atoms with van der Waals surface area (Å²) in [5, 5.41) is 2.41. The molecule has 2 aromatic carbocycles. The van der Waals surface area contributed by atoms with Crippen LogP contribution in [0.3, 0.4) is 0 Å². The summed E-state index contributed by atoms with van der Waals surface area (Å²) in [6.45, 7) is 3.40. The van der Waals surface area contributed by atoms with Crippen molar-refractivity contribution < 1.29 is 14.3 Å². The predicted octanol–water partition coefficient (Wildman–Crippen LogP) is 5.37. The molecule has 6 nitrogen and oxygen atoms in total. The van der Waals surface area contributed by atoms with Crippen LogP contribution in [0.15, 0.2) is 48.5 Å². The molecule has 1 saturated heterocycles. The fraction of sp³-hybridized carbons (Fsp3) is 0.346. The normalized spacial score (nSPS) is 15.8. The minimum absolute atomic E-state index is 0.0876. The number of piperidine rings is 1. The molecule has 1 unspecified atom stereocenters. The second-order valence-electron chi connectivity index (χ2n) is 8.48. The van der Waals surface area contributed by atoms with Gasteiger partial charge >= 0.3 is 5.97 Å². The number of carbonyl (C=O) groups is 2. The van der Waals surface area contributed by atoms with Crippen LogP contribution < -0.4 is 9.80 Å². The van der Waals surface area contributed by atoms with Crippen molar-refractivity contribution in [3.05, 3.63) is 64.8 Å². The van der Waals surface area contributed by atoms with Gasteiger partial charge in [0, 0.05) is 36.4 Å². The van der Waals surface area contributed by atoms with Gasteiger partial charge in [0.15, 0.2) is 0 Å². The molecule has 0 aliphatic carbocycles. The van der Waals surface area contributed by atoms with Crippen LogP contribution in [0.5, 0.6) is 0 Å². The van der Waals surface area contributed by atoms with Gasteiger partial charge in [-0.25, -0.2) is 4.98 Å². The Kier molecular flexibility index (Phi) is 7.54. The average molecular weight is 498 g/mol. The Morgan fingerprint density at radius 3 is 2.68 bits per heavy atom. The Morgan fingerprint density at radius 2 is 1.94 bits per heavy atom. The summed E-state index contributed by atoms with van der Waals surface area (Å²) in [6, 6.07) is 15.4. The van der Waals surface area contributed by atoms with Gasteiger partial charge in [0.05, 0.1) is 25.1 Å². The molecular formula is C26H28ClN3O3S. The van der Waals surface area contributed by atoms with Crippen LogP contribution in [-0.4, -0.2) is 44.1 Å². The third kappa shape index (κ3) is 5.26. The van der Waals surface area contributed by atoms with E-state index in [0.29, 0.717) is 11.6 Å². The fourth-order valence-corrected chi connectivity index (χ4v) is 5.55. The van der Waals surface area contributed by atoms with Gasteiger partial charge in [0.25, 0.3) is 0 Å². The molecule has 0 bridgehead atoms. The first-order valence-corrected chi connectivity index (χ1v) is 12.5. The van der Waals surface area contributed by atoms with Gasteiger partial charge in [-0.05, 0) is 43.5 Å². The van der Waals surface area contributed by atoms with E-state index in [1.165, 1.54) is 18.4 Å². The number of anilines is 2. The van der Waals surface area contributed by atoms with E-state index >= 15 is 0 Å². The molecule has 4 rings (SSSR count). The van der Waals surface area contributed by atoms with Gasteiger partial charge in [-0.2, -0.15) is 0 Å². The first-order chi connectivity index (χ1) is 16.4. The number of methoxy groups -OCH3 is 1. The summed E-state index contributed by atoms with van der Waals surface area (Å²) in [7, 11) is 3.23. The van der Waals surface area contributed by atoms with E-state index in [9.17, 15) is 9.59 Å². The van der Waals surface area contributed by atoms with Crippen LogP contribution in [0, 0.1) is 12.8 Å². The van der Waals surface area contributed by atoms with Crippen molar-refractivity contribution in [2.75, 3.05) is 37.0 Å². The predicted molar refractivity (Wildman–Crippen MR) is 138 cm³/mol. The SMILES string of the molecule is COC(=O)Cc1ccccc1N1CCCC(C(=O)N(C)c2sc(-c3ccc(Cl)cc3)nc2C)C1. The molecule has 1 aromatic heterocycles. The van der Waals surface area contributed by atoms with Crippen molar-refractivity contribution in [3.63, 3.8) is 0 Å². The van der Waals surface area contributed by atoms with Gasteiger partial charge in [0.1, 0.15) is 10.0 Å². The van der Waals surface area contributed by atoms with Crippen molar-refractivity contribution in [2.24, 2.45) is 5.92 Å². The zero-order chi connectivity index (χ0) is 24.2. The molecule has 34 heavy (non-hydrogen) atoms. The molecule has 0 N–H and O–H groups in total. The highest BCUT2D eigenvalue weighted by Crippen LogP contribution is 2.36. The maximum atomic E-state index is 13.5. The molecule has 3 aromatic rings. The smallest absolute Gasteiger partial charge is 0.310 e. The molecule has 8 heteroatoms. The second-order valence-corrected chi connectivity index (χ2v) is 9.89. The average Bonchev–Trinajstić information content (AvgIpc) is 3.25. The van der Waals surface area contributed by atoms with Crippen molar-refractivity contribution in [3.8, 4) is 10.6 Å². The molecule has 1 fully saturated rings. The van der Waals surface area contributed by atoms with Gasteiger partial charge in [0.2, 0.25) is 5.91 Å². The molecule has 1 aliphatic heterocycles. The Balaban J connectivity index is 1.51. The number of hydrogen-bond acceptors (Lipinski definition) is 6. The number of para-hydroxylation sites is 1. The number of aromatic nitrogens is 1. The van der Waals surface area contributed by atoms with Gasteiger partial charge in [-0.3, -0.25) is 9.59 Å². The van der Waals surface area contributed by atoms with E-state index < -0.39 is 0 Å². The molecule has 1 atom stereocenters. The van der Waals surface area contributed by atoms with E-state index in [4.69, 9.17) is 21.3 Å². The van der Waals surface area contributed by atoms with Crippen molar-refractivity contribution >= 4 is 45.5 Å². The highest BCUT2D eigenvalue weighted by atomic mass is 35.5. The molecule has 0 saturated carbocycles. The summed E-state index contributed by atoms with van der Waals surface area (Å²) in [4.78, 5) is 34.1. The second kappa shape index (κ2) is 10.6. The lowest BCUT2D eigenvalue weighted by atomic mass is 9.95. The monoisotopic (exact) mass is 497 g/mol. The highest BCUT2D eigenvalue weighted by molar-refractivity contribution is 7.19. The highest BCUT2D eigenvalue weighted by Gasteiger charge is 2.31. The van der Waals surface area contributed by atoms with E-state index in [0.717, 1.165) is 51.9 Å². The zero-order valence-corrected chi connectivity index (χ0v) is 21.2. The van der Waals surface area contributed by atoms with Crippen LogP contribution in [0.4, 0.5) is 10.7 Å². The third-order valence-corrected chi connectivity index (χ3v) is 7.70. The Morgan fingerprint density at radius 1 is 1.21 bits per heavy atom. The number of carbonyl (C=O) groups excluding carboxylic acids is 2. The molecule has 1 aliphatic rings. The van der Waals surface area contributed by atoms with Crippen molar-refractivity contribution in [1.29, 1.82) is 0 Å². The van der Waals surface area contributed by atoms with Crippen LogP contribution in [0.1, 0.15) is 24.1 Å². The number of hydrogen-bond donors (Lipinski definition) is 0. The summed E-state index contributed by atoms with van der Waals surface area (Å²) in [6.07, 6.45) is 1.96. The van der Waals surface area contributed by atoms with Gasteiger partial charge in [-0.1, -0.05) is 53.3 Å². The largest absolute Gasteiger partial charge is 0.469 e. The topological polar surface area (TPSA) is 62.7 Å². The first kappa shape index (κ1) is 24.2. The number of halogens is 1. The lowest BCUT2D eigenvalue weighted by Gasteiger charge is -2.36. The van der Waals surface area contributed by atoms with Crippen LogP contribution in [0.25, 0.3) is 10.6 Å². The maximum Gasteiger partial charge on any atom is 0.310 e. The summed E-state index contributed by atoms with van der Waals surface area (Å²) < 4.78 is 4.86. The maximum absolute atomic E-state index is 13.5. The van der Waals surface area contributed by atoms with Crippen molar-refractivity contribution in [1.82, 2.24) is 4.98 Å². The van der Waals surface area contributed by atoms with Gasteiger partial charge < -0.3 is 14.5 Å². The molecule has 178 valence electrons. The number of aryl methyl sites for hydroxylation is 1. The Bertz CT molecular complexity index is 1180. The van der Waals surface area contributed by atoms with Crippen LogP contribution in [-0.2, 0) is 20.7 Å². The van der Waals surface area contributed by atoms with E-state index in [1.807, 2.05) is 62.5 Å².